The van der Waals surface area contributed by atoms with E-state index in [1.807, 2.05) is 0 Å². The van der Waals surface area contributed by atoms with E-state index in [1.54, 1.807) is 0 Å². The van der Waals surface area contributed by atoms with E-state index in [-0.39, 0.29) is 5.97 Å². The number of unbranched alkanes of at least 4 members (excludes halogenated alkanes) is 4. The summed E-state index contributed by atoms with van der Waals surface area (Å²) in [7, 11) is 0.375. The average Bonchev–Trinajstić information content (AvgIpc) is 2.18. The number of carbonyl (C=O) groups excluding carboxylic acids is 1. The molecule has 0 unspecified atom stereocenters. The lowest BCUT2D eigenvalue weighted by Gasteiger charge is -2.02. The molecule has 0 atom stereocenters. The zero-order valence-corrected chi connectivity index (χ0v) is 10.5. The van der Waals surface area contributed by atoms with E-state index in [4.69, 9.17) is 4.43 Å². The van der Waals surface area contributed by atoms with Crippen LogP contribution in [0.1, 0.15) is 58.8 Å². The van der Waals surface area contributed by atoms with Crippen LogP contribution in [-0.4, -0.2) is 15.7 Å². The molecule has 0 aromatic heterocycles. The largest absolute Gasteiger partial charge is 0.516 e. The van der Waals surface area contributed by atoms with Gasteiger partial charge in [-0.1, -0.05) is 46.0 Å². The van der Waals surface area contributed by atoms with E-state index in [9.17, 15) is 4.79 Å². The second-order valence-electron chi connectivity index (χ2n) is 3.53. The summed E-state index contributed by atoms with van der Waals surface area (Å²) >= 11 is 0. The fourth-order valence-electron chi connectivity index (χ4n) is 1.16. The summed E-state index contributed by atoms with van der Waals surface area (Å²) < 4.78 is 5.08. The van der Waals surface area contributed by atoms with Crippen molar-refractivity contribution in [1.29, 1.82) is 0 Å². The van der Waals surface area contributed by atoms with Gasteiger partial charge in [-0.05, 0) is 12.5 Å². The quantitative estimate of drug-likeness (QED) is 0.434. The van der Waals surface area contributed by atoms with E-state index < -0.39 is 0 Å². The van der Waals surface area contributed by atoms with Gasteiger partial charge in [0.2, 0.25) is 0 Å². The zero-order valence-electron chi connectivity index (χ0n) is 9.47. The Labute approximate surface area is 90.4 Å². The molecule has 2 radical (unpaired) electrons. The van der Waals surface area contributed by atoms with Gasteiger partial charge in [0.1, 0.15) is 0 Å². The van der Waals surface area contributed by atoms with Crippen molar-refractivity contribution < 1.29 is 9.22 Å². The first kappa shape index (κ1) is 13.7. The van der Waals surface area contributed by atoms with Gasteiger partial charge in [-0.15, -0.1) is 0 Å². The number of rotatable bonds is 9. The molecule has 0 fully saturated rings. The third-order valence-corrected chi connectivity index (χ3v) is 3.10. The first-order valence-electron chi connectivity index (χ1n) is 5.73. The molecule has 0 aliphatic carbocycles. The van der Waals surface area contributed by atoms with Crippen LogP contribution in [0, 0.1) is 0 Å². The summed E-state index contributed by atoms with van der Waals surface area (Å²) in [6.45, 7) is 4.30. The maximum Gasteiger partial charge on any atom is 0.314 e. The molecule has 0 saturated heterocycles. The van der Waals surface area contributed by atoms with Gasteiger partial charge in [0.15, 0.2) is 0 Å². The molecule has 0 aliphatic rings. The van der Waals surface area contributed by atoms with Crippen molar-refractivity contribution >= 4 is 15.7 Å². The molecule has 14 heavy (non-hydrogen) atoms. The van der Waals surface area contributed by atoms with Crippen LogP contribution in [0.15, 0.2) is 0 Å². The molecule has 0 heterocycles. The lowest BCUT2D eigenvalue weighted by molar-refractivity contribution is -0.134. The van der Waals surface area contributed by atoms with Crippen molar-refractivity contribution in [3.8, 4) is 0 Å². The van der Waals surface area contributed by atoms with Crippen molar-refractivity contribution in [3.05, 3.63) is 0 Å². The molecule has 0 bridgehead atoms. The highest BCUT2D eigenvalue weighted by atomic mass is 28.2. The molecule has 0 aliphatic heterocycles. The highest BCUT2D eigenvalue weighted by Crippen LogP contribution is 2.05. The van der Waals surface area contributed by atoms with Crippen LogP contribution in [0.5, 0.6) is 0 Å². The van der Waals surface area contributed by atoms with Crippen LogP contribution in [0.4, 0.5) is 0 Å². The Balaban J connectivity index is 3.10. The molecule has 2 nitrogen and oxygen atoms in total. The van der Waals surface area contributed by atoms with Crippen LogP contribution < -0.4 is 0 Å². The van der Waals surface area contributed by atoms with E-state index in [1.165, 1.54) is 25.7 Å². The first-order valence-corrected chi connectivity index (χ1v) is 6.85. The molecule has 0 N–H and O–H groups in total. The predicted molar refractivity (Wildman–Crippen MR) is 60.3 cm³/mol. The molecule has 0 amide bonds. The van der Waals surface area contributed by atoms with Crippen LogP contribution in [-0.2, 0) is 9.22 Å². The van der Waals surface area contributed by atoms with Crippen molar-refractivity contribution in [1.82, 2.24) is 0 Å². The maximum absolute atomic E-state index is 11.1. The van der Waals surface area contributed by atoms with Gasteiger partial charge < -0.3 is 4.43 Å². The standard InChI is InChI=1S/C11H22O2Si/c1-3-5-6-7-8-9-11(12)13-14-10-4-2/h3-10H2,1-2H3. The molecular weight excluding hydrogens is 192 g/mol. The van der Waals surface area contributed by atoms with Crippen LogP contribution >= 0.6 is 0 Å². The monoisotopic (exact) mass is 214 g/mol. The molecule has 0 aromatic rings. The number of hydrogen-bond donors (Lipinski definition) is 0. The van der Waals surface area contributed by atoms with E-state index in [0.29, 0.717) is 16.2 Å². The molecule has 0 saturated carbocycles. The summed E-state index contributed by atoms with van der Waals surface area (Å²) in [5.74, 6) is -0.00622. The molecule has 0 spiro atoms. The first-order chi connectivity index (χ1) is 6.81. The lowest BCUT2D eigenvalue weighted by atomic mass is 10.1. The minimum atomic E-state index is -0.00622. The Morgan fingerprint density at radius 1 is 1.07 bits per heavy atom. The Morgan fingerprint density at radius 3 is 2.43 bits per heavy atom. The summed E-state index contributed by atoms with van der Waals surface area (Å²) in [6, 6.07) is 1.02. The van der Waals surface area contributed by atoms with Crippen molar-refractivity contribution in [2.24, 2.45) is 0 Å². The van der Waals surface area contributed by atoms with Crippen molar-refractivity contribution in [2.75, 3.05) is 0 Å². The summed E-state index contributed by atoms with van der Waals surface area (Å²) in [5, 5.41) is 0. The Morgan fingerprint density at radius 2 is 1.79 bits per heavy atom. The number of hydrogen-bond acceptors (Lipinski definition) is 2. The van der Waals surface area contributed by atoms with Gasteiger partial charge in [0.25, 0.3) is 5.97 Å². The lowest BCUT2D eigenvalue weighted by Crippen LogP contribution is -2.07. The van der Waals surface area contributed by atoms with Crippen LogP contribution in [0.3, 0.4) is 0 Å². The second-order valence-corrected chi connectivity index (χ2v) is 4.53. The Bertz CT molecular complexity index is 137. The topological polar surface area (TPSA) is 26.3 Å². The van der Waals surface area contributed by atoms with Gasteiger partial charge in [0.05, 0.1) is 0 Å². The highest BCUT2D eigenvalue weighted by Gasteiger charge is 2.02. The molecule has 3 heteroatoms. The fourth-order valence-corrected chi connectivity index (χ4v) is 1.73. The van der Waals surface area contributed by atoms with Crippen LogP contribution in [0.25, 0.3) is 0 Å². The molecule has 0 aromatic carbocycles. The Kier molecular flexibility index (Phi) is 10.5. The summed E-state index contributed by atoms with van der Waals surface area (Å²) in [4.78, 5) is 11.1. The van der Waals surface area contributed by atoms with E-state index >= 15 is 0 Å². The third-order valence-electron chi connectivity index (χ3n) is 2.02. The van der Waals surface area contributed by atoms with E-state index in [2.05, 4.69) is 13.8 Å². The van der Waals surface area contributed by atoms with Gasteiger partial charge in [-0.25, -0.2) is 0 Å². The van der Waals surface area contributed by atoms with Gasteiger partial charge in [-0.3, -0.25) is 4.79 Å². The fraction of sp³-hybridized carbons (Fsp3) is 0.909. The second kappa shape index (κ2) is 10.8. The van der Waals surface area contributed by atoms with Crippen LogP contribution in [0.2, 0.25) is 6.04 Å². The normalized spacial score (nSPS) is 10.1. The minimum absolute atomic E-state index is 0.00622. The minimum Gasteiger partial charge on any atom is -0.516 e. The SMILES string of the molecule is CCCCCCCC(=O)O[Si]CCC. The van der Waals surface area contributed by atoms with Gasteiger partial charge >= 0.3 is 9.76 Å². The summed E-state index contributed by atoms with van der Waals surface area (Å²) in [6.07, 6.45) is 7.66. The molecular formula is C11H22O2Si. The number of carbonyl (C=O) groups is 1. The summed E-state index contributed by atoms with van der Waals surface area (Å²) in [5.41, 5.74) is 0. The van der Waals surface area contributed by atoms with Crippen molar-refractivity contribution in [3.63, 3.8) is 0 Å². The Hall–Kier alpha value is -0.313. The van der Waals surface area contributed by atoms with Gasteiger partial charge in [0, 0.05) is 6.42 Å². The smallest absolute Gasteiger partial charge is 0.314 e. The average molecular weight is 214 g/mol. The van der Waals surface area contributed by atoms with Crippen molar-refractivity contribution in [2.45, 2.75) is 64.8 Å². The molecule has 0 rings (SSSR count). The van der Waals surface area contributed by atoms with E-state index in [0.717, 1.165) is 18.9 Å². The predicted octanol–water partition coefficient (Wildman–Crippen LogP) is 3.34. The van der Waals surface area contributed by atoms with Gasteiger partial charge in [-0.2, -0.15) is 0 Å². The zero-order chi connectivity index (χ0) is 10.6. The molecule has 82 valence electrons. The highest BCUT2D eigenvalue weighted by molar-refractivity contribution is 6.30. The maximum atomic E-state index is 11.1. The third kappa shape index (κ3) is 9.77.